The van der Waals surface area contributed by atoms with Crippen LogP contribution in [0.5, 0.6) is 0 Å². The number of hydrogen-bond donors (Lipinski definition) is 1. The molecule has 0 aromatic rings. The summed E-state index contributed by atoms with van der Waals surface area (Å²) in [5, 5.41) is 0. The summed E-state index contributed by atoms with van der Waals surface area (Å²) in [6.45, 7) is 7.02. The summed E-state index contributed by atoms with van der Waals surface area (Å²) in [5.74, 6) is 2.66. The third kappa shape index (κ3) is 2.19. The Balaban J connectivity index is 2.44. The van der Waals surface area contributed by atoms with E-state index in [2.05, 4.69) is 26.5 Å². The molecular weight excluding hydrogens is 134 g/mol. The lowest BCUT2D eigenvalue weighted by molar-refractivity contribution is -0.443. The maximum Gasteiger partial charge on any atom is 0.0877 e. The van der Waals surface area contributed by atoms with Crippen LogP contribution in [0.2, 0.25) is 0 Å². The molecule has 0 radical (unpaired) electrons. The summed E-state index contributed by atoms with van der Waals surface area (Å²) in [4.78, 5) is 0. The Hall–Kier alpha value is -0.0400. The van der Waals surface area contributed by atoms with Crippen molar-refractivity contribution >= 4 is 0 Å². The Kier molecular flexibility index (Phi) is 2.94. The molecule has 0 unspecified atom stereocenters. The molecule has 3 atom stereocenters. The quantitative estimate of drug-likeness (QED) is 0.598. The lowest BCUT2D eigenvalue weighted by atomic mass is 9.74. The molecule has 0 aromatic carbocycles. The van der Waals surface area contributed by atoms with Gasteiger partial charge in [-0.2, -0.15) is 0 Å². The zero-order valence-electron chi connectivity index (χ0n) is 8.14. The van der Waals surface area contributed by atoms with Gasteiger partial charge in [-0.1, -0.05) is 20.8 Å². The van der Waals surface area contributed by atoms with Gasteiger partial charge in [0, 0.05) is 12.3 Å². The van der Waals surface area contributed by atoms with E-state index in [9.17, 15) is 0 Å². The molecule has 1 aliphatic rings. The fraction of sp³-hybridized carbons (Fsp3) is 1.00. The summed E-state index contributed by atoms with van der Waals surface area (Å²) >= 11 is 0. The first kappa shape index (κ1) is 9.05. The van der Waals surface area contributed by atoms with Crippen molar-refractivity contribution in [2.45, 2.75) is 46.1 Å². The fourth-order valence-electron chi connectivity index (χ4n) is 2.40. The van der Waals surface area contributed by atoms with Gasteiger partial charge in [-0.3, -0.25) is 0 Å². The first-order chi connectivity index (χ1) is 5.11. The van der Waals surface area contributed by atoms with Crippen molar-refractivity contribution in [2.75, 3.05) is 0 Å². The molecule has 0 saturated heterocycles. The molecule has 1 fully saturated rings. The van der Waals surface area contributed by atoms with Crippen LogP contribution in [0.25, 0.3) is 0 Å². The molecule has 0 amide bonds. The molecular formula is C10H22N+. The van der Waals surface area contributed by atoms with Gasteiger partial charge >= 0.3 is 0 Å². The van der Waals surface area contributed by atoms with E-state index in [0.29, 0.717) is 0 Å². The minimum absolute atomic E-state index is 0.721. The lowest BCUT2D eigenvalue weighted by Gasteiger charge is -2.32. The Morgan fingerprint density at radius 1 is 1.27 bits per heavy atom. The van der Waals surface area contributed by atoms with Crippen molar-refractivity contribution in [3.8, 4) is 0 Å². The Labute approximate surface area is 70.4 Å². The molecule has 0 aromatic heterocycles. The van der Waals surface area contributed by atoms with Crippen LogP contribution in [0.4, 0.5) is 0 Å². The Bertz CT molecular complexity index is 120. The minimum atomic E-state index is 0.721. The fourth-order valence-corrected chi connectivity index (χ4v) is 2.40. The SMILES string of the molecule is CC(C)[C@@H]1CC[C@H](C)C[C@H]1[NH3+]. The first-order valence-corrected chi connectivity index (χ1v) is 4.94. The zero-order valence-corrected chi connectivity index (χ0v) is 8.14. The third-order valence-corrected chi connectivity index (χ3v) is 3.16. The molecule has 0 aliphatic heterocycles. The molecule has 1 aliphatic carbocycles. The van der Waals surface area contributed by atoms with E-state index in [1.165, 1.54) is 19.3 Å². The minimum Gasteiger partial charge on any atom is -0.355 e. The molecule has 0 heterocycles. The molecule has 1 saturated carbocycles. The van der Waals surface area contributed by atoms with Crippen molar-refractivity contribution in [1.82, 2.24) is 0 Å². The van der Waals surface area contributed by atoms with Crippen LogP contribution in [0.3, 0.4) is 0 Å². The zero-order chi connectivity index (χ0) is 8.43. The maximum absolute atomic E-state index is 4.25. The van der Waals surface area contributed by atoms with Crippen molar-refractivity contribution in [1.29, 1.82) is 0 Å². The van der Waals surface area contributed by atoms with Gasteiger partial charge in [0.05, 0.1) is 6.04 Å². The number of quaternary nitrogens is 1. The largest absolute Gasteiger partial charge is 0.355 e. The second-order valence-electron chi connectivity index (χ2n) is 4.59. The van der Waals surface area contributed by atoms with Crippen molar-refractivity contribution < 1.29 is 5.73 Å². The van der Waals surface area contributed by atoms with Crippen LogP contribution >= 0.6 is 0 Å². The lowest BCUT2D eigenvalue weighted by Crippen LogP contribution is -2.66. The molecule has 1 heteroatoms. The predicted molar refractivity (Wildman–Crippen MR) is 48.0 cm³/mol. The van der Waals surface area contributed by atoms with Crippen LogP contribution in [-0.2, 0) is 0 Å². The number of hydrogen-bond acceptors (Lipinski definition) is 0. The van der Waals surface area contributed by atoms with E-state index in [1.807, 2.05) is 0 Å². The normalized spacial score (nSPS) is 39.5. The van der Waals surface area contributed by atoms with Gasteiger partial charge in [-0.25, -0.2) is 0 Å². The van der Waals surface area contributed by atoms with E-state index in [1.54, 1.807) is 0 Å². The van der Waals surface area contributed by atoms with Gasteiger partial charge in [-0.15, -0.1) is 0 Å². The second kappa shape index (κ2) is 3.57. The molecule has 11 heavy (non-hydrogen) atoms. The first-order valence-electron chi connectivity index (χ1n) is 4.94. The van der Waals surface area contributed by atoms with Crippen molar-refractivity contribution in [3.63, 3.8) is 0 Å². The average Bonchev–Trinajstić information content (AvgIpc) is 1.85. The van der Waals surface area contributed by atoms with Crippen LogP contribution < -0.4 is 5.73 Å². The topological polar surface area (TPSA) is 27.6 Å². The van der Waals surface area contributed by atoms with Gasteiger partial charge in [0.15, 0.2) is 0 Å². The highest BCUT2D eigenvalue weighted by molar-refractivity contribution is 4.78. The smallest absolute Gasteiger partial charge is 0.0877 e. The van der Waals surface area contributed by atoms with Gasteiger partial charge in [-0.05, 0) is 24.7 Å². The summed E-state index contributed by atoms with van der Waals surface area (Å²) in [6, 6.07) is 0.721. The van der Waals surface area contributed by atoms with E-state index in [0.717, 1.165) is 23.8 Å². The Morgan fingerprint density at radius 3 is 2.36 bits per heavy atom. The highest BCUT2D eigenvalue weighted by atomic mass is 14.7. The van der Waals surface area contributed by atoms with Crippen LogP contribution in [0.15, 0.2) is 0 Å². The maximum atomic E-state index is 4.25. The molecule has 0 spiro atoms. The van der Waals surface area contributed by atoms with E-state index >= 15 is 0 Å². The molecule has 66 valence electrons. The van der Waals surface area contributed by atoms with Crippen molar-refractivity contribution in [2.24, 2.45) is 17.8 Å². The highest BCUT2D eigenvalue weighted by Crippen LogP contribution is 2.31. The van der Waals surface area contributed by atoms with E-state index in [-0.39, 0.29) is 0 Å². The highest BCUT2D eigenvalue weighted by Gasteiger charge is 2.30. The summed E-state index contributed by atoms with van der Waals surface area (Å²) in [6.07, 6.45) is 4.19. The van der Waals surface area contributed by atoms with E-state index < -0.39 is 0 Å². The summed E-state index contributed by atoms with van der Waals surface area (Å²) in [5.41, 5.74) is 4.25. The van der Waals surface area contributed by atoms with Crippen LogP contribution in [-0.4, -0.2) is 6.04 Å². The second-order valence-corrected chi connectivity index (χ2v) is 4.59. The number of rotatable bonds is 1. The van der Waals surface area contributed by atoms with Crippen LogP contribution in [0, 0.1) is 17.8 Å². The third-order valence-electron chi connectivity index (χ3n) is 3.16. The molecule has 3 N–H and O–H groups in total. The standard InChI is InChI=1S/C10H21N/c1-7(2)9-5-4-8(3)6-10(9)11/h7-10H,4-6,11H2,1-3H3/p+1/t8-,9-,10+/m0/s1. The van der Waals surface area contributed by atoms with Gasteiger partial charge in [0.25, 0.3) is 0 Å². The van der Waals surface area contributed by atoms with Crippen molar-refractivity contribution in [3.05, 3.63) is 0 Å². The summed E-state index contributed by atoms with van der Waals surface area (Å²) in [7, 11) is 0. The summed E-state index contributed by atoms with van der Waals surface area (Å²) < 4.78 is 0. The van der Waals surface area contributed by atoms with Gasteiger partial charge < -0.3 is 5.73 Å². The Morgan fingerprint density at radius 2 is 1.91 bits per heavy atom. The monoisotopic (exact) mass is 156 g/mol. The van der Waals surface area contributed by atoms with Gasteiger partial charge in [0.2, 0.25) is 0 Å². The van der Waals surface area contributed by atoms with E-state index in [4.69, 9.17) is 0 Å². The average molecular weight is 156 g/mol. The molecule has 1 nitrogen and oxygen atoms in total. The molecule has 0 bridgehead atoms. The van der Waals surface area contributed by atoms with Crippen LogP contribution in [0.1, 0.15) is 40.0 Å². The van der Waals surface area contributed by atoms with Gasteiger partial charge in [0.1, 0.15) is 0 Å². The molecule has 1 rings (SSSR count). The predicted octanol–water partition coefficient (Wildman–Crippen LogP) is 1.69.